The largest absolute Gasteiger partial charge is 0.394 e. The van der Waals surface area contributed by atoms with Crippen LogP contribution in [0.2, 0.25) is 0 Å². The van der Waals surface area contributed by atoms with Crippen molar-refractivity contribution in [2.75, 3.05) is 11.9 Å². The second kappa shape index (κ2) is 7.37. The van der Waals surface area contributed by atoms with Crippen molar-refractivity contribution in [3.63, 3.8) is 0 Å². The van der Waals surface area contributed by atoms with E-state index in [-0.39, 0.29) is 12.4 Å². The zero-order valence-electron chi connectivity index (χ0n) is 12.2. The Morgan fingerprint density at radius 1 is 1.36 bits per heavy atom. The number of aliphatic hydroxyl groups is 1. The molecule has 116 valence electrons. The summed E-state index contributed by atoms with van der Waals surface area (Å²) >= 11 is 0. The summed E-state index contributed by atoms with van der Waals surface area (Å²) in [6, 6.07) is 8.48. The van der Waals surface area contributed by atoms with Crippen molar-refractivity contribution in [1.82, 2.24) is 14.9 Å². The van der Waals surface area contributed by atoms with Crippen LogP contribution in [0.3, 0.4) is 0 Å². The van der Waals surface area contributed by atoms with Crippen LogP contribution >= 0.6 is 0 Å². The highest BCUT2D eigenvalue weighted by Crippen LogP contribution is 2.03. The predicted molar refractivity (Wildman–Crippen MR) is 82.7 cm³/mol. The third-order valence-electron chi connectivity index (χ3n) is 3.13. The van der Waals surface area contributed by atoms with Gasteiger partial charge >= 0.3 is 6.03 Å². The van der Waals surface area contributed by atoms with Crippen LogP contribution in [0.4, 0.5) is 10.6 Å². The number of nitrogens with zero attached hydrogens (tertiary/aromatic N) is 2. The minimum absolute atomic E-state index is 0.0566. The normalized spacial score (nSPS) is 11.7. The van der Waals surface area contributed by atoms with Crippen LogP contribution in [-0.2, 0) is 13.5 Å². The number of amides is 2. The Labute approximate surface area is 127 Å². The van der Waals surface area contributed by atoms with E-state index >= 15 is 0 Å². The van der Waals surface area contributed by atoms with Gasteiger partial charge in [-0.2, -0.15) is 0 Å². The van der Waals surface area contributed by atoms with Gasteiger partial charge in [-0.3, -0.25) is 10.1 Å². The number of benzene rings is 1. The van der Waals surface area contributed by atoms with Crippen LogP contribution < -0.4 is 16.2 Å². The van der Waals surface area contributed by atoms with Gasteiger partial charge in [0.2, 0.25) is 5.82 Å². The molecule has 0 aliphatic heterocycles. The summed E-state index contributed by atoms with van der Waals surface area (Å²) in [6.45, 7) is -0.206. The van der Waals surface area contributed by atoms with E-state index in [9.17, 15) is 14.7 Å². The van der Waals surface area contributed by atoms with Gasteiger partial charge in [-0.1, -0.05) is 30.3 Å². The number of urea groups is 1. The number of carbonyl (C=O) groups excluding carboxylic acids is 1. The first-order valence-electron chi connectivity index (χ1n) is 6.84. The summed E-state index contributed by atoms with van der Waals surface area (Å²) in [7, 11) is 1.57. The molecule has 0 unspecified atom stereocenters. The van der Waals surface area contributed by atoms with Crippen molar-refractivity contribution in [1.29, 1.82) is 0 Å². The van der Waals surface area contributed by atoms with Gasteiger partial charge in [0.05, 0.1) is 12.6 Å². The maximum Gasteiger partial charge on any atom is 0.320 e. The first-order chi connectivity index (χ1) is 10.6. The fourth-order valence-electron chi connectivity index (χ4n) is 1.97. The monoisotopic (exact) mass is 302 g/mol. The number of carbonyl (C=O) groups is 1. The SMILES string of the molecule is Cn1ccnc(NC(=O)N[C@H](CO)Cc2ccccc2)c1=O. The quantitative estimate of drug-likeness (QED) is 0.749. The smallest absolute Gasteiger partial charge is 0.320 e. The van der Waals surface area contributed by atoms with E-state index in [0.717, 1.165) is 5.56 Å². The molecule has 0 bridgehead atoms. The summed E-state index contributed by atoms with van der Waals surface area (Å²) in [5.41, 5.74) is 0.594. The standard InChI is InChI=1S/C15H18N4O3/c1-19-8-7-16-13(14(19)21)18-15(22)17-12(10-20)9-11-5-3-2-4-6-11/h2-8,12,20H,9-10H2,1H3,(H2,16,17,18,22)/t12-/m0/s1. The lowest BCUT2D eigenvalue weighted by Crippen LogP contribution is -2.42. The molecule has 2 amide bonds. The van der Waals surface area contributed by atoms with Crippen LogP contribution in [0, 0.1) is 0 Å². The third-order valence-corrected chi connectivity index (χ3v) is 3.13. The molecule has 0 spiro atoms. The van der Waals surface area contributed by atoms with Gasteiger partial charge < -0.3 is 15.0 Å². The molecule has 0 fully saturated rings. The predicted octanol–water partition coefficient (Wildman–Crippen LogP) is 0.505. The highest BCUT2D eigenvalue weighted by atomic mass is 16.3. The maximum atomic E-state index is 11.9. The fraction of sp³-hybridized carbons (Fsp3) is 0.267. The summed E-state index contributed by atoms with van der Waals surface area (Å²) in [5, 5.41) is 14.4. The highest BCUT2D eigenvalue weighted by molar-refractivity contribution is 5.88. The van der Waals surface area contributed by atoms with Gasteiger partial charge in [-0.05, 0) is 12.0 Å². The van der Waals surface area contributed by atoms with Gasteiger partial charge in [0.15, 0.2) is 0 Å². The molecule has 7 heteroatoms. The summed E-state index contributed by atoms with van der Waals surface area (Å²) in [6.07, 6.45) is 3.41. The number of hydrogen-bond acceptors (Lipinski definition) is 4. The van der Waals surface area contributed by atoms with Crippen LogP contribution in [0.15, 0.2) is 47.5 Å². The lowest BCUT2D eigenvalue weighted by Gasteiger charge is -2.16. The molecule has 7 nitrogen and oxygen atoms in total. The third kappa shape index (κ3) is 4.16. The number of rotatable bonds is 5. The van der Waals surface area contributed by atoms with Crippen LogP contribution in [0.1, 0.15) is 5.56 Å². The van der Waals surface area contributed by atoms with Crippen LogP contribution in [0.25, 0.3) is 0 Å². The van der Waals surface area contributed by atoms with Gasteiger partial charge in [-0.25, -0.2) is 9.78 Å². The van der Waals surface area contributed by atoms with E-state index in [0.29, 0.717) is 6.42 Å². The number of hydrogen-bond donors (Lipinski definition) is 3. The van der Waals surface area contributed by atoms with E-state index in [1.165, 1.54) is 17.0 Å². The Morgan fingerprint density at radius 2 is 2.09 bits per heavy atom. The summed E-state index contributed by atoms with van der Waals surface area (Å²) in [5.74, 6) is -0.0566. The fourth-order valence-corrected chi connectivity index (χ4v) is 1.97. The minimum Gasteiger partial charge on any atom is -0.394 e. The number of aromatic nitrogens is 2. The Kier molecular flexibility index (Phi) is 5.26. The summed E-state index contributed by atoms with van der Waals surface area (Å²) in [4.78, 5) is 27.5. The summed E-state index contributed by atoms with van der Waals surface area (Å²) < 4.78 is 1.32. The molecule has 1 atom stereocenters. The zero-order valence-corrected chi connectivity index (χ0v) is 12.2. The average Bonchev–Trinajstić information content (AvgIpc) is 2.52. The van der Waals surface area contributed by atoms with Crippen LogP contribution in [0.5, 0.6) is 0 Å². The Bertz CT molecular complexity index is 685. The van der Waals surface area contributed by atoms with E-state index < -0.39 is 17.6 Å². The topological polar surface area (TPSA) is 96.2 Å². The first kappa shape index (κ1) is 15.7. The number of aliphatic hydroxyl groups excluding tert-OH is 1. The molecule has 1 aromatic heterocycles. The second-order valence-corrected chi connectivity index (χ2v) is 4.86. The molecule has 0 radical (unpaired) electrons. The molecule has 0 saturated carbocycles. The highest BCUT2D eigenvalue weighted by Gasteiger charge is 2.14. The molecular formula is C15H18N4O3. The van der Waals surface area contributed by atoms with Crippen molar-refractivity contribution in [2.45, 2.75) is 12.5 Å². The van der Waals surface area contributed by atoms with E-state index in [1.807, 2.05) is 30.3 Å². The Balaban J connectivity index is 1.97. The Hall–Kier alpha value is -2.67. The van der Waals surface area contributed by atoms with E-state index in [1.54, 1.807) is 7.05 Å². The van der Waals surface area contributed by atoms with Crippen molar-refractivity contribution >= 4 is 11.8 Å². The van der Waals surface area contributed by atoms with Gasteiger partial charge in [0.1, 0.15) is 0 Å². The first-order valence-corrected chi connectivity index (χ1v) is 6.84. The molecule has 1 aromatic carbocycles. The number of nitrogens with one attached hydrogen (secondary N) is 2. The minimum atomic E-state index is -0.578. The van der Waals surface area contributed by atoms with Crippen LogP contribution in [-0.4, -0.2) is 33.3 Å². The molecule has 0 aliphatic carbocycles. The lowest BCUT2D eigenvalue weighted by molar-refractivity contribution is 0.224. The number of aryl methyl sites for hydroxylation is 1. The lowest BCUT2D eigenvalue weighted by atomic mass is 10.1. The second-order valence-electron chi connectivity index (χ2n) is 4.86. The van der Waals surface area contributed by atoms with E-state index in [2.05, 4.69) is 15.6 Å². The van der Waals surface area contributed by atoms with E-state index in [4.69, 9.17) is 0 Å². The van der Waals surface area contributed by atoms with Crippen molar-refractivity contribution in [3.05, 3.63) is 58.6 Å². The molecule has 3 N–H and O–H groups in total. The van der Waals surface area contributed by atoms with Gasteiger partial charge in [0.25, 0.3) is 5.56 Å². The van der Waals surface area contributed by atoms with Gasteiger partial charge in [-0.15, -0.1) is 0 Å². The van der Waals surface area contributed by atoms with Crippen molar-refractivity contribution < 1.29 is 9.90 Å². The average molecular weight is 302 g/mol. The molecular weight excluding hydrogens is 284 g/mol. The van der Waals surface area contributed by atoms with Crippen molar-refractivity contribution in [2.24, 2.45) is 7.05 Å². The maximum absolute atomic E-state index is 11.9. The number of anilines is 1. The Morgan fingerprint density at radius 3 is 2.77 bits per heavy atom. The molecule has 0 saturated heterocycles. The molecule has 0 aliphatic rings. The molecule has 1 heterocycles. The zero-order chi connectivity index (χ0) is 15.9. The molecule has 22 heavy (non-hydrogen) atoms. The molecule has 2 rings (SSSR count). The van der Waals surface area contributed by atoms with Crippen molar-refractivity contribution in [3.8, 4) is 0 Å². The molecule has 2 aromatic rings. The van der Waals surface area contributed by atoms with Gasteiger partial charge in [0, 0.05) is 19.4 Å².